The van der Waals surface area contributed by atoms with Crippen molar-refractivity contribution in [3.8, 4) is 0 Å². The molecule has 92 valence electrons. The van der Waals surface area contributed by atoms with E-state index < -0.39 is 11.9 Å². The second-order valence-corrected chi connectivity index (χ2v) is 3.59. The molecule has 2 amide bonds. The largest absolute Gasteiger partial charge is 0.481 e. The van der Waals surface area contributed by atoms with Gasteiger partial charge < -0.3 is 15.7 Å². The zero-order valence-corrected chi connectivity index (χ0v) is 10.3. The van der Waals surface area contributed by atoms with E-state index >= 15 is 0 Å². The van der Waals surface area contributed by atoms with Gasteiger partial charge in [-0.2, -0.15) is 25.3 Å². The predicted molar refractivity (Wildman–Crippen MR) is 64.9 cm³/mol. The summed E-state index contributed by atoms with van der Waals surface area (Å²) < 4.78 is 0. The number of aliphatic carboxylic acids is 1. The third-order valence-corrected chi connectivity index (χ3v) is 2.30. The van der Waals surface area contributed by atoms with Crippen LogP contribution in [-0.4, -0.2) is 47.5 Å². The van der Waals surface area contributed by atoms with E-state index in [1.54, 1.807) is 0 Å². The topological polar surface area (TPSA) is 95.5 Å². The summed E-state index contributed by atoms with van der Waals surface area (Å²) in [6.45, 7) is -0.0802. The molecule has 0 aromatic rings. The minimum Gasteiger partial charge on any atom is -0.481 e. The minimum absolute atomic E-state index is 0.00462. The number of amides is 2. The molecule has 0 aliphatic carbocycles. The highest BCUT2D eigenvalue weighted by atomic mass is 32.1. The van der Waals surface area contributed by atoms with E-state index in [1.807, 2.05) is 0 Å². The number of rotatable bonds is 7. The number of carbonyl (C=O) groups excluding carboxylic acids is 2. The maximum absolute atomic E-state index is 10.9. The van der Waals surface area contributed by atoms with Crippen molar-refractivity contribution in [1.82, 2.24) is 10.6 Å². The SMILES string of the molecule is O=C(CS)NCC(CNC(=O)CS)C(=O)O. The number of hydrogen-bond acceptors (Lipinski definition) is 5. The summed E-state index contributed by atoms with van der Waals surface area (Å²) in [5.41, 5.74) is 0. The predicted octanol–water partition coefficient (Wildman–Crippen LogP) is -1.22. The van der Waals surface area contributed by atoms with E-state index in [9.17, 15) is 14.4 Å². The monoisotopic (exact) mass is 266 g/mol. The van der Waals surface area contributed by atoms with Crippen LogP contribution in [0.2, 0.25) is 0 Å². The lowest BCUT2D eigenvalue weighted by Gasteiger charge is -2.13. The summed E-state index contributed by atoms with van der Waals surface area (Å²) in [6.07, 6.45) is 0. The molecule has 6 nitrogen and oxygen atoms in total. The van der Waals surface area contributed by atoms with Crippen molar-refractivity contribution >= 4 is 43.0 Å². The molecule has 0 aliphatic heterocycles. The van der Waals surface area contributed by atoms with Crippen LogP contribution in [0, 0.1) is 5.92 Å². The summed E-state index contributed by atoms with van der Waals surface area (Å²) in [5.74, 6) is -2.65. The van der Waals surface area contributed by atoms with E-state index in [0.29, 0.717) is 0 Å². The van der Waals surface area contributed by atoms with Crippen molar-refractivity contribution in [2.24, 2.45) is 5.92 Å². The zero-order chi connectivity index (χ0) is 12.6. The Morgan fingerprint density at radius 2 is 1.38 bits per heavy atom. The quantitative estimate of drug-likeness (QED) is 0.373. The Morgan fingerprint density at radius 3 is 1.62 bits per heavy atom. The standard InChI is InChI=1S/C8H14N2O4S2/c11-6(3-15)9-1-5(8(13)14)2-10-7(12)4-16/h5,15-16H,1-4H2,(H,9,11)(H,10,12)(H,13,14). The van der Waals surface area contributed by atoms with Gasteiger partial charge in [0, 0.05) is 13.1 Å². The third kappa shape index (κ3) is 6.57. The van der Waals surface area contributed by atoms with Crippen molar-refractivity contribution in [3.05, 3.63) is 0 Å². The lowest BCUT2D eigenvalue weighted by atomic mass is 10.1. The van der Waals surface area contributed by atoms with Crippen LogP contribution in [0.15, 0.2) is 0 Å². The molecule has 0 aromatic heterocycles. The first-order chi connectivity index (χ1) is 7.51. The second-order valence-electron chi connectivity index (χ2n) is 2.96. The molecule has 0 atom stereocenters. The van der Waals surface area contributed by atoms with Crippen LogP contribution in [0.5, 0.6) is 0 Å². The van der Waals surface area contributed by atoms with Crippen molar-refractivity contribution in [2.75, 3.05) is 24.6 Å². The van der Waals surface area contributed by atoms with Gasteiger partial charge in [-0.3, -0.25) is 14.4 Å². The molecule has 0 aromatic carbocycles. The van der Waals surface area contributed by atoms with Crippen molar-refractivity contribution in [3.63, 3.8) is 0 Å². The Hall–Kier alpha value is -0.890. The third-order valence-electron chi connectivity index (χ3n) is 1.73. The normalized spacial score (nSPS) is 9.94. The van der Waals surface area contributed by atoms with Gasteiger partial charge in [-0.15, -0.1) is 0 Å². The molecule has 0 saturated heterocycles. The summed E-state index contributed by atoms with van der Waals surface area (Å²) in [6, 6.07) is 0. The zero-order valence-electron chi connectivity index (χ0n) is 8.47. The van der Waals surface area contributed by atoms with Crippen LogP contribution < -0.4 is 10.6 Å². The smallest absolute Gasteiger partial charge is 0.310 e. The molecule has 16 heavy (non-hydrogen) atoms. The second kappa shape index (κ2) is 8.28. The van der Waals surface area contributed by atoms with E-state index in [4.69, 9.17) is 5.11 Å². The van der Waals surface area contributed by atoms with Gasteiger partial charge in [-0.25, -0.2) is 0 Å². The minimum atomic E-state index is -1.08. The molecule has 0 aliphatic rings. The fourth-order valence-electron chi connectivity index (χ4n) is 0.833. The fraction of sp³-hybridized carbons (Fsp3) is 0.625. The van der Waals surface area contributed by atoms with E-state index in [2.05, 4.69) is 35.9 Å². The molecule has 0 heterocycles. The van der Waals surface area contributed by atoms with Gasteiger partial charge in [0.2, 0.25) is 11.8 Å². The van der Waals surface area contributed by atoms with Crippen LogP contribution >= 0.6 is 25.3 Å². The van der Waals surface area contributed by atoms with Crippen molar-refractivity contribution in [1.29, 1.82) is 0 Å². The molecule has 0 spiro atoms. The molecule has 0 saturated carbocycles. The first-order valence-electron chi connectivity index (χ1n) is 4.49. The molecule has 0 fully saturated rings. The van der Waals surface area contributed by atoms with Gasteiger partial charge in [-0.05, 0) is 0 Å². The highest BCUT2D eigenvalue weighted by Gasteiger charge is 2.18. The summed E-state index contributed by atoms with van der Waals surface area (Å²) in [5, 5.41) is 13.6. The molecular weight excluding hydrogens is 252 g/mol. The molecule has 0 radical (unpaired) electrons. The molecule has 8 heteroatoms. The van der Waals surface area contributed by atoms with Gasteiger partial charge in [0.05, 0.1) is 17.4 Å². The molecule has 3 N–H and O–H groups in total. The summed E-state index contributed by atoms with van der Waals surface area (Å²) in [4.78, 5) is 32.5. The molecule has 0 unspecified atom stereocenters. The fourth-order valence-corrected chi connectivity index (χ4v) is 1.06. The van der Waals surface area contributed by atoms with Crippen LogP contribution in [-0.2, 0) is 14.4 Å². The van der Waals surface area contributed by atoms with Gasteiger partial charge in [-0.1, -0.05) is 0 Å². The average Bonchev–Trinajstić information content (AvgIpc) is 2.27. The number of hydrogen-bond donors (Lipinski definition) is 5. The Morgan fingerprint density at radius 1 is 1.00 bits per heavy atom. The highest BCUT2D eigenvalue weighted by molar-refractivity contribution is 7.81. The Balaban J connectivity index is 4.03. The number of nitrogens with one attached hydrogen (secondary N) is 2. The highest BCUT2D eigenvalue weighted by Crippen LogP contribution is 1.93. The lowest BCUT2D eigenvalue weighted by molar-refractivity contribution is -0.141. The van der Waals surface area contributed by atoms with Gasteiger partial charge in [0.25, 0.3) is 0 Å². The molecule has 0 rings (SSSR count). The first kappa shape index (κ1) is 15.1. The van der Waals surface area contributed by atoms with E-state index in [1.165, 1.54) is 0 Å². The maximum atomic E-state index is 10.9. The molecular formula is C8H14N2O4S2. The number of carboxylic acid groups (broad SMARTS) is 1. The van der Waals surface area contributed by atoms with Gasteiger partial charge in [0.1, 0.15) is 0 Å². The Bertz CT molecular complexity index is 253. The summed E-state index contributed by atoms with van der Waals surface area (Å²) in [7, 11) is 0. The average molecular weight is 266 g/mol. The van der Waals surface area contributed by atoms with Gasteiger partial charge in [0.15, 0.2) is 0 Å². The van der Waals surface area contributed by atoms with E-state index in [-0.39, 0.29) is 36.4 Å². The van der Waals surface area contributed by atoms with Crippen LogP contribution in [0.1, 0.15) is 0 Å². The number of thiol groups is 2. The van der Waals surface area contributed by atoms with Crippen molar-refractivity contribution in [2.45, 2.75) is 0 Å². The van der Waals surface area contributed by atoms with E-state index in [0.717, 1.165) is 0 Å². The number of carbonyl (C=O) groups is 3. The van der Waals surface area contributed by atoms with Crippen LogP contribution in [0.4, 0.5) is 0 Å². The number of carboxylic acids is 1. The molecule has 0 bridgehead atoms. The maximum Gasteiger partial charge on any atom is 0.310 e. The Kier molecular flexibility index (Phi) is 7.82. The first-order valence-corrected chi connectivity index (χ1v) is 5.75. The Labute approximate surface area is 104 Å². The van der Waals surface area contributed by atoms with Crippen molar-refractivity contribution < 1.29 is 19.5 Å². The van der Waals surface area contributed by atoms with Gasteiger partial charge >= 0.3 is 5.97 Å². The van der Waals surface area contributed by atoms with Crippen LogP contribution in [0.25, 0.3) is 0 Å². The lowest BCUT2D eigenvalue weighted by Crippen LogP contribution is -2.41. The summed E-state index contributed by atoms with van der Waals surface area (Å²) >= 11 is 7.46. The van der Waals surface area contributed by atoms with Crippen LogP contribution in [0.3, 0.4) is 0 Å².